The van der Waals surface area contributed by atoms with Gasteiger partial charge in [0, 0.05) is 39.3 Å². The molecular formula is C22H30FN3O10. The molecule has 14 heteroatoms. The lowest BCUT2D eigenvalue weighted by Gasteiger charge is -2.38. The van der Waals surface area contributed by atoms with Crippen molar-refractivity contribution in [2.24, 2.45) is 0 Å². The number of nitrogens with one attached hydrogen (secondary N) is 1. The fourth-order valence-electron chi connectivity index (χ4n) is 3.38. The first kappa shape index (κ1) is 30.4. The summed E-state index contributed by atoms with van der Waals surface area (Å²) >= 11 is 0. The van der Waals surface area contributed by atoms with Gasteiger partial charge >= 0.3 is 23.9 Å². The van der Waals surface area contributed by atoms with E-state index in [-0.39, 0.29) is 17.6 Å². The number of halogens is 1. The van der Waals surface area contributed by atoms with Crippen LogP contribution in [0, 0.1) is 5.82 Å². The summed E-state index contributed by atoms with van der Waals surface area (Å²) in [6.07, 6.45) is 2.69. The van der Waals surface area contributed by atoms with Gasteiger partial charge in [-0.3, -0.25) is 14.6 Å². The molecule has 2 fully saturated rings. The third kappa shape index (κ3) is 11.2. The van der Waals surface area contributed by atoms with Crippen LogP contribution >= 0.6 is 0 Å². The van der Waals surface area contributed by atoms with Gasteiger partial charge in [-0.05, 0) is 31.9 Å². The zero-order chi connectivity index (χ0) is 27.3. The van der Waals surface area contributed by atoms with Crippen LogP contribution in [0.2, 0.25) is 0 Å². The average Bonchev–Trinajstić information content (AvgIpc) is 3.34. The van der Waals surface area contributed by atoms with E-state index in [0.717, 1.165) is 52.2 Å². The standard InChI is InChI=1S/C18H26FN3O2.2C2H2O4/c1-14(18(23)20-17-7-3-2-6-16(17)19)22-10-8-21(9-11-22)13-15-5-4-12-24-15;2*3-1(4)2(5)6/h2-3,6-7,14-15H,4-5,8-13H2,1H3,(H,20,23);2*(H,3,4)(H,5,6). The first-order chi connectivity index (χ1) is 16.9. The Morgan fingerprint density at radius 2 is 1.50 bits per heavy atom. The number of anilines is 1. The zero-order valence-electron chi connectivity index (χ0n) is 19.6. The van der Waals surface area contributed by atoms with E-state index in [9.17, 15) is 9.18 Å². The molecule has 200 valence electrons. The molecule has 0 bridgehead atoms. The van der Waals surface area contributed by atoms with Crippen LogP contribution < -0.4 is 5.32 Å². The molecule has 0 saturated carbocycles. The van der Waals surface area contributed by atoms with Crippen LogP contribution in [0.5, 0.6) is 0 Å². The summed E-state index contributed by atoms with van der Waals surface area (Å²) in [5, 5.41) is 32.3. The minimum Gasteiger partial charge on any atom is -0.473 e. The van der Waals surface area contributed by atoms with Crippen molar-refractivity contribution in [3.63, 3.8) is 0 Å². The van der Waals surface area contributed by atoms with E-state index >= 15 is 0 Å². The Labute approximate surface area is 206 Å². The Kier molecular flexibility index (Phi) is 13.0. The minimum atomic E-state index is -1.82. The number of rotatable bonds is 5. The normalized spacial score (nSPS) is 18.4. The summed E-state index contributed by atoms with van der Waals surface area (Å²) in [5.41, 5.74) is 0.242. The van der Waals surface area contributed by atoms with Crippen LogP contribution in [0.25, 0.3) is 0 Å². The lowest BCUT2D eigenvalue weighted by atomic mass is 10.2. The van der Waals surface area contributed by atoms with E-state index in [1.807, 2.05) is 6.92 Å². The highest BCUT2D eigenvalue weighted by Gasteiger charge is 2.27. The van der Waals surface area contributed by atoms with Crippen molar-refractivity contribution in [2.75, 3.05) is 44.6 Å². The number of aliphatic carboxylic acids is 4. The third-order valence-corrected chi connectivity index (χ3v) is 5.32. The lowest BCUT2D eigenvalue weighted by Crippen LogP contribution is -2.53. The van der Waals surface area contributed by atoms with Gasteiger partial charge in [-0.25, -0.2) is 23.6 Å². The highest BCUT2D eigenvalue weighted by molar-refractivity contribution is 6.27. The number of carboxylic acids is 4. The SMILES string of the molecule is CC(C(=O)Nc1ccccc1F)N1CCN(CC2CCCO2)CC1.O=C(O)C(=O)O.O=C(O)C(=O)O. The molecule has 2 aliphatic heterocycles. The second kappa shape index (κ2) is 15.4. The van der Waals surface area contributed by atoms with Gasteiger partial charge in [0.1, 0.15) is 5.82 Å². The van der Waals surface area contributed by atoms with Gasteiger partial charge in [0.25, 0.3) is 0 Å². The molecule has 5 N–H and O–H groups in total. The number of piperazine rings is 1. The number of benzene rings is 1. The minimum absolute atomic E-state index is 0.160. The molecule has 2 heterocycles. The molecule has 13 nitrogen and oxygen atoms in total. The Hall–Kier alpha value is -3.62. The number of nitrogens with zero attached hydrogens (tertiary/aromatic N) is 2. The molecule has 0 aliphatic carbocycles. The summed E-state index contributed by atoms with van der Waals surface area (Å²) in [6.45, 7) is 7.33. The summed E-state index contributed by atoms with van der Waals surface area (Å²) in [6, 6.07) is 5.99. The van der Waals surface area contributed by atoms with Gasteiger partial charge < -0.3 is 30.5 Å². The maximum atomic E-state index is 13.7. The molecule has 3 rings (SSSR count). The van der Waals surface area contributed by atoms with Crippen molar-refractivity contribution in [3.05, 3.63) is 30.1 Å². The molecule has 0 spiro atoms. The Bertz CT molecular complexity index is 867. The number of ether oxygens (including phenoxy) is 1. The molecule has 36 heavy (non-hydrogen) atoms. The molecule has 1 amide bonds. The first-order valence-corrected chi connectivity index (χ1v) is 11.0. The van der Waals surface area contributed by atoms with Crippen LogP contribution in [-0.4, -0.2) is 111 Å². The maximum absolute atomic E-state index is 13.7. The molecule has 1 aromatic rings. The van der Waals surface area contributed by atoms with Crippen LogP contribution in [-0.2, 0) is 28.7 Å². The number of amides is 1. The number of hydrogen-bond donors (Lipinski definition) is 5. The summed E-state index contributed by atoms with van der Waals surface area (Å²) in [5.74, 6) is -7.86. The fourth-order valence-corrected chi connectivity index (χ4v) is 3.38. The van der Waals surface area contributed by atoms with Crippen molar-refractivity contribution in [1.29, 1.82) is 0 Å². The molecule has 2 atom stereocenters. The van der Waals surface area contributed by atoms with Crippen molar-refractivity contribution < 1.29 is 53.5 Å². The largest absolute Gasteiger partial charge is 0.473 e. The third-order valence-electron chi connectivity index (χ3n) is 5.32. The smallest absolute Gasteiger partial charge is 0.414 e. The molecule has 2 saturated heterocycles. The van der Waals surface area contributed by atoms with Crippen molar-refractivity contribution in [1.82, 2.24) is 9.80 Å². The van der Waals surface area contributed by atoms with Gasteiger partial charge in [-0.15, -0.1) is 0 Å². The van der Waals surface area contributed by atoms with E-state index in [1.165, 1.54) is 6.07 Å². The van der Waals surface area contributed by atoms with E-state index in [4.69, 9.17) is 44.3 Å². The molecule has 2 unspecified atom stereocenters. The van der Waals surface area contributed by atoms with Crippen molar-refractivity contribution in [3.8, 4) is 0 Å². The van der Waals surface area contributed by atoms with Gasteiger partial charge in [-0.2, -0.15) is 0 Å². The molecule has 1 aromatic carbocycles. The van der Waals surface area contributed by atoms with Crippen LogP contribution in [0.15, 0.2) is 24.3 Å². The number of para-hydroxylation sites is 1. The lowest BCUT2D eigenvalue weighted by molar-refractivity contribution is -0.159. The summed E-state index contributed by atoms with van der Waals surface area (Å²) < 4.78 is 19.3. The number of carboxylic acid groups (broad SMARTS) is 4. The Morgan fingerprint density at radius 1 is 0.972 bits per heavy atom. The van der Waals surface area contributed by atoms with Crippen LogP contribution in [0.1, 0.15) is 19.8 Å². The predicted octanol–water partition coefficient (Wildman–Crippen LogP) is 0.261. The summed E-state index contributed by atoms with van der Waals surface area (Å²) in [4.78, 5) is 53.3. The van der Waals surface area contributed by atoms with E-state index < -0.39 is 29.7 Å². The number of hydrogen-bond acceptors (Lipinski definition) is 8. The predicted molar refractivity (Wildman–Crippen MR) is 122 cm³/mol. The van der Waals surface area contributed by atoms with Gasteiger partial charge in [0.2, 0.25) is 5.91 Å². The zero-order valence-corrected chi connectivity index (χ0v) is 19.6. The molecule has 2 aliphatic rings. The van der Waals surface area contributed by atoms with Crippen LogP contribution in [0.3, 0.4) is 0 Å². The monoisotopic (exact) mass is 515 g/mol. The highest BCUT2D eigenvalue weighted by Crippen LogP contribution is 2.17. The quantitative estimate of drug-likeness (QED) is 0.336. The van der Waals surface area contributed by atoms with Crippen molar-refractivity contribution in [2.45, 2.75) is 31.9 Å². The Balaban J connectivity index is 0.000000450. The van der Waals surface area contributed by atoms with Gasteiger partial charge in [0.15, 0.2) is 0 Å². The molecule has 0 aromatic heterocycles. The van der Waals surface area contributed by atoms with E-state index in [2.05, 4.69) is 15.1 Å². The summed E-state index contributed by atoms with van der Waals surface area (Å²) in [7, 11) is 0. The maximum Gasteiger partial charge on any atom is 0.414 e. The highest BCUT2D eigenvalue weighted by atomic mass is 19.1. The van der Waals surface area contributed by atoms with Crippen molar-refractivity contribution >= 4 is 35.5 Å². The Morgan fingerprint density at radius 3 is 1.94 bits per heavy atom. The number of carbonyl (C=O) groups is 5. The second-order valence-corrected chi connectivity index (χ2v) is 7.84. The first-order valence-electron chi connectivity index (χ1n) is 11.0. The molecule has 0 radical (unpaired) electrons. The van der Waals surface area contributed by atoms with Crippen LogP contribution in [0.4, 0.5) is 10.1 Å². The molecular weight excluding hydrogens is 485 g/mol. The second-order valence-electron chi connectivity index (χ2n) is 7.84. The average molecular weight is 515 g/mol. The number of carbonyl (C=O) groups excluding carboxylic acids is 1. The topological polar surface area (TPSA) is 194 Å². The van der Waals surface area contributed by atoms with E-state index in [0.29, 0.717) is 6.10 Å². The van der Waals surface area contributed by atoms with E-state index in [1.54, 1.807) is 18.2 Å². The van der Waals surface area contributed by atoms with Gasteiger partial charge in [-0.1, -0.05) is 12.1 Å². The fraction of sp³-hybridized carbons (Fsp3) is 0.500. The van der Waals surface area contributed by atoms with Gasteiger partial charge in [0.05, 0.1) is 17.8 Å².